The highest BCUT2D eigenvalue weighted by Gasteiger charge is 2.32. The quantitative estimate of drug-likeness (QED) is 0.541. The first kappa shape index (κ1) is 22.4. The van der Waals surface area contributed by atoms with E-state index in [1.807, 2.05) is 6.92 Å². The third kappa shape index (κ3) is 5.65. The molecule has 0 radical (unpaired) electrons. The van der Waals surface area contributed by atoms with Crippen LogP contribution in [0.2, 0.25) is 5.02 Å². The monoisotopic (exact) mass is 442 g/mol. The van der Waals surface area contributed by atoms with E-state index in [1.165, 1.54) is 6.07 Å². The highest BCUT2D eigenvalue weighted by Crippen LogP contribution is 2.32. The van der Waals surface area contributed by atoms with E-state index in [1.54, 1.807) is 12.1 Å². The van der Waals surface area contributed by atoms with Crippen LogP contribution < -0.4 is 10.6 Å². The van der Waals surface area contributed by atoms with Crippen LogP contribution in [-0.4, -0.2) is 18.5 Å². The molecule has 0 saturated heterocycles. The van der Waals surface area contributed by atoms with Crippen molar-refractivity contribution in [1.82, 2.24) is 5.32 Å². The molecule has 0 heterocycles. The zero-order valence-corrected chi connectivity index (χ0v) is 17.2. The maximum absolute atomic E-state index is 13.8. The van der Waals surface area contributed by atoms with Gasteiger partial charge in [0.05, 0.1) is 21.8 Å². The lowest BCUT2D eigenvalue weighted by atomic mass is 9.85. The zero-order chi connectivity index (χ0) is 21.9. The second-order valence-corrected chi connectivity index (χ2v) is 8.15. The molecule has 0 bridgehead atoms. The van der Waals surface area contributed by atoms with E-state index in [2.05, 4.69) is 10.6 Å². The highest BCUT2D eigenvalue weighted by atomic mass is 35.5. The Morgan fingerprint density at radius 2 is 1.80 bits per heavy atom. The second-order valence-electron chi connectivity index (χ2n) is 7.75. The first-order valence-electron chi connectivity index (χ1n) is 9.81. The van der Waals surface area contributed by atoms with Gasteiger partial charge < -0.3 is 10.6 Å². The molecule has 1 amide bonds. The molecule has 0 unspecified atom stereocenters. The van der Waals surface area contributed by atoms with Gasteiger partial charge in [-0.25, -0.2) is 4.39 Å². The van der Waals surface area contributed by atoms with Gasteiger partial charge in [-0.1, -0.05) is 17.7 Å². The number of halogens is 5. The molecule has 8 heteroatoms. The predicted octanol–water partition coefficient (Wildman–Crippen LogP) is 6.21. The predicted molar refractivity (Wildman–Crippen MR) is 109 cm³/mol. The molecule has 3 rings (SSSR count). The van der Waals surface area contributed by atoms with Gasteiger partial charge in [-0.3, -0.25) is 4.79 Å². The Morgan fingerprint density at radius 1 is 1.10 bits per heavy atom. The maximum Gasteiger partial charge on any atom is 0.416 e. The molecular formula is C22H23ClF4N2O. The van der Waals surface area contributed by atoms with Gasteiger partial charge in [-0.05, 0) is 74.4 Å². The molecule has 0 spiro atoms. The molecule has 0 aromatic heterocycles. The zero-order valence-electron chi connectivity index (χ0n) is 16.5. The van der Waals surface area contributed by atoms with Crippen molar-refractivity contribution in [2.24, 2.45) is 5.92 Å². The van der Waals surface area contributed by atoms with Gasteiger partial charge in [0.15, 0.2) is 0 Å². The van der Waals surface area contributed by atoms with Crippen LogP contribution in [0.4, 0.5) is 23.2 Å². The summed E-state index contributed by atoms with van der Waals surface area (Å²) in [5.74, 6) is -0.566. The number of carbonyl (C=O) groups is 1. The van der Waals surface area contributed by atoms with Gasteiger partial charge in [0.2, 0.25) is 0 Å². The Morgan fingerprint density at radius 3 is 2.47 bits per heavy atom. The van der Waals surface area contributed by atoms with Crippen LogP contribution in [0.5, 0.6) is 0 Å². The maximum atomic E-state index is 13.8. The van der Waals surface area contributed by atoms with Crippen LogP contribution in [0.25, 0.3) is 0 Å². The van der Waals surface area contributed by atoms with Gasteiger partial charge in [-0.2, -0.15) is 13.2 Å². The van der Waals surface area contributed by atoms with Gasteiger partial charge in [0, 0.05) is 12.6 Å². The van der Waals surface area contributed by atoms with Crippen molar-refractivity contribution >= 4 is 23.2 Å². The van der Waals surface area contributed by atoms with Gasteiger partial charge in [-0.15, -0.1) is 0 Å². The lowest BCUT2D eigenvalue weighted by molar-refractivity contribution is -0.137. The molecule has 0 aliphatic heterocycles. The van der Waals surface area contributed by atoms with Gasteiger partial charge in [0.1, 0.15) is 5.82 Å². The summed E-state index contributed by atoms with van der Waals surface area (Å²) in [4.78, 5) is 12.5. The minimum atomic E-state index is -4.54. The van der Waals surface area contributed by atoms with E-state index in [9.17, 15) is 22.4 Å². The van der Waals surface area contributed by atoms with E-state index < -0.39 is 17.6 Å². The normalized spacial score (nSPS) is 19.4. The third-order valence-electron chi connectivity index (χ3n) is 5.42. The molecule has 162 valence electrons. The third-order valence-corrected chi connectivity index (χ3v) is 5.75. The Kier molecular flexibility index (Phi) is 6.91. The number of hydrogen-bond donors (Lipinski definition) is 2. The number of amides is 1. The summed E-state index contributed by atoms with van der Waals surface area (Å²) in [5, 5.41) is 5.93. The summed E-state index contributed by atoms with van der Waals surface area (Å²) in [6, 6.07) is 7.51. The molecular weight excluding hydrogens is 420 g/mol. The fourth-order valence-electron chi connectivity index (χ4n) is 3.68. The smallest absolute Gasteiger partial charge is 0.382 e. The number of carbonyl (C=O) groups excluding carboxylic acids is 1. The average Bonchev–Trinajstić information content (AvgIpc) is 2.69. The molecule has 1 aliphatic rings. The SMILES string of the molecule is Cc1ccc(F)c(NC[C@H]2CC[C@H](NC(=O)c3cc(C(F)(F)F)ccc3Cl)CC2)c1. The van der Waals surface area contributed by atoms with E-state index in [4.69, 9.17) is 11.6 Å². The van der Waals surface area contributed by atoms with Crippen LogP contribution >= 0.6 is 11.6 Å². The fourth-order valence-corrected chi connectivity index (χ4v) is 3.88. The molecule has 0 atom stereocenters. The molecule has 2 aromatic carbocycles. The lowest BCUT2D eigenvalue weighted by Gasteiger charge is -2.29. The van der Waals surface area contributed by atoms with Crippen molar-refractivity contribution in [3.8, 4) is 0 Å². The molecule has 1 fully saturated rings. The summed E-state index contributed by atoms with van der Waals surface area (Å²) in [7, 11) is 0. The Bertz CT molecular complexity index is 908. The summed E-state index contributed by atoms with van der Waals surface area (Å²) >= 11 is 5.94. The minimum Gasteiger partial charge on any atom is -0.382 e. The van der Waals surface area contributed by atoms with Gasteiger partial charge in [0.25, 0.3) is 5.91 Å². The van der Waals surface area contributed by atoms with Crippen LogP contribution in [0.1, 0.15) is 47.2 Å². The van der Waals surface area contributed by atoms with Gasteiger partial charge >= 0.3 is 6.18 Å². The first-order chi connectivity index (χ1) is 14.1. The summed E-state index contributed by atoms with van der Waals surface area (Å²) in [5.41, 5.74) is 0.364. The van der Waals surface area contributed by atoms with E-state index in [0.29, 0.717) is 31.0 Å². The molecule has 1 aliphatic carbocycles. The Balaban J connectivity index is 1.52. The van der Waals surface area contributed by atoms with Crippen LogP contribution in [0, 0.1) is 18.7 Å². The molecule has 2 aromatic rings. The van der Waals surface area contributed by atoms with Crippen molar-refractivity contribution in [3.63, 3.8) is 0 Å². The summed E-state index contributed by atoms with van der Waals surface area (Å²) in [6.45, 7) is 2.52. The number of anilines is 1. The standard InChI is InChI=1S/C22H23ClF4N2O/c1-13-2-9-19(24)20(10-13)28-12-14-3-6-16(7-4-14)29-21(30)17-11-15(22(25,26)27)5-8-18(17)23/h2,5,8-11,14,16,28H,3-4,6-7,12H2,1H3,(H,29,30)/t14-,16-. The van der Waals surface area contributed by atoms with E-state index in [-0.39, 0.29) is 22.4 Å². The van der Waals surface area contributed by atoms with Crippen molar-refractivity contribution in [2.75, 3.05) is 11.9 Å². The van der Waals surface area contributed by atoms with E-state index in [0.717, 1.165) is 36.6 Å². The lowest BCUT2D eigenvalue weighted by Crippen LogP contribution is -2.38. The Labute approximate surface area is 177 Å². The van der Waals surface area contributed by atoms with Crippen LogP contribution in [0.3, 0.4) is 0 Å². The Hall–Kier alpha value is -2.28. The molecule has 30 heavy (non-hydrogen) atoms. The topological polar surface area (TPSA) is 41.1 Å². The van der Waals surface area contributed by atoms with Crippen molar-refractivity contribution in [2.45, 2.75) is 44.8 Å². The summed E-state index contributed by atoms with van der Waals surface area (Å²) < 4.78 is 52.5. The van der Waals surface area contributed by atoms with Crippen LogP contribution in [0.15, 0.2) is 36.4 Å². The number of aryl methyl sites for hydroxylation is 1. The second kappa shape index (κ2) is 9.25. The first-order valence-corrected chi connectivity index (χ1v) is 10.2. The number of benzene rings is 2. The van der Waals surface area contributed by atoms with Crippen LogP contribution in [-0.2, 0) is 6.18 Å². The summed E-state index contributed by atoms with van der Waals surface area (Å²) in [6.07, 6.45) is -1.50. The highest BCUT2D eigenvalue weighted by molar-refractivity contribution is 6.33. The number of hydrogen-bond acceptors (Lipinski definition) is 2. The largest absolute Gasteiger partial charge is 0.416 e. The van der Waals surface area contributed by atoms with E-state index >= 15 is 0 Å². The van der Waals surface area contributed by atoms with Crippen molar-refractivity contribution in [3.05, 3.63) is 63.9 Å². The minimum absolute atomic E-state index is 0.0152. The number of alkyl halides is 3. The molecule has 1 saturated carbocycles. The van der Waals surface area contributed by atoms with Crippen molar-refractivity contribution < 1.29 is 22.4 Å². The number of nitrogens with one attached hydrogen (secondary N) is 2. The number of rotatable bonds is 5. The van der Waals surface area contributed by atoms with Crippen molar-refractivity contribution in [1.29, 1.82) is 0 Å². The molecule has 3 nitrogen and oxygen atoms in total. The fraction of sp³-hybridized carbons (Fsp3) is 0.409. The average molecular weight is 443 g/mol. The molecule has 2 N–H and O–H groups in total.